The lowest BCUT2D eigenvalue weighted by Crippen LogP contribution is -2.48. The number of thioether (sulfide) groups is 1. The highest BCUT2D eigenvalue weighted by Gasteiger charge is 2.27. The van der Waals surface area contributed by atoms with Gasteiger partial charge in [-0.3, -0.25) is 9.59 Å². The molecule has 30 heavy (non-hydrogen) atoms. The Morgan fingerprint density at radius 3 is 2.30 bits per heavy atom. The van der Waals surface area contributed by atoms with E-state index in [1.54, 1.807) is 37.3 Å². The van der Waals surface area contributed by atoms with Gasteiger partial charge in [0, 0.05) is 38.6 Å². The molecule has 0 bridgehead atoms. The zero-order valence-electron chi connectivity index (χ0n) is 17.0. The molecule has 1 atom stereocenters. The fraction of sp³-hybridized carbons (Fsp3) is 0.364. The van der Waals surface area contributed by atoms with Crippen LogP contribution in [0.25, 0.3) is 0 Å². The molecule has 0 fully saturated rings. The second-order valence-electron chi connectivity index (χ2n) is 6.79. The molecule has 1 N–H and O–H groups in total. The van der Waals surface area contributed by atoms with E-state index in [2.05, 4.69) is 12.2 Å². The Kier molecular flexibility index (Phi) is 10.3. The van der Waals surface area contributed by atoms with Gasteiger partial charge in [0.05, 0.1) is 5.75 Å². The minimum absolute atomic E-state index is 0.154. The van der Waals surface area contributed by atoms with E-state index in [9.17, 15) is 9.59 Å². The topological polar surface area (TPSA) is 49.4 Å². The summed E-state index contributed by atoms with van der Waals surface area (Å²) in [6.45, 7) is 4.50. The van der Waals surface area contributed by atoms with Gasteiger partial charge in [-0.2, -0.15) is 0 Å². The van der Waals surface area contributed by atoms with Crippen LogP contribution < -0.4 is 5.32 Å². The number of hydrogen-bond acceptors (Lipinski definition) is 3. The quantitative estimate of drug-likeness (QED) is 0.327. The predicted octanol–water partition coefficient (Wildman–Crippen LogP) is 6.07. The number of carbonyl (C=O) groups is 2. The second kappa shape index (κ2) is 12.5. The summed E-state index contributed by atoms with van der Waals surface area (Å²) < 4.78 is 0. The molecule has 0 aliphatic carbocycles. The van der Waals surface area contributed by atoms with Crippen LogP contribution in [-0.2, 0) is 16.1 Å². The van der Waals surface area contributed by atoms with Gasteiger partial charge in [-0.1, -0.05) is 54.2 Å². The van der Waals surface area contributed by atoms with E-state index >= 15 is 0 Å². The van der Waals surface area contributed by atoms with Gasteiger partial charge in [-0.15, -0.1) is 11.8 Å². The molecule has 4 nitrogen and oxygen atoms in total. The third-order valence-electron chi connectivity index (χ3n) is 4.56. The highest BCUT2D eigenvalue weighted by Crippen LogP contribution is 2.27. The average molecular weight is 488 g/mol. The number of rotatable bonds is 10. The normalized spacial score (nSPS) is 11.8. The Hall–Kier alpha value is -1.40. The fourth-order valence-corrected chi connectivity index (χ4v) is 4.16. The van der Waals surface area contributed by atoms with E-state index in [1.165, 1.54) is 16.7 Å². The highest BCUT2D eigenvalue weighted by atomic mass is 35.5. The number of carbonyl (C=O) groups excluding carboxylic acids is 2. The molecular weight excluding hydrogens is 463 g/mol. The molecule has 1 unspecified atom stereocenters. The smallest absolute Gasteiger partial charge is 0.242 e. The minimum Gasteiger partial charge on any atom is -0.354 e. The minimum atomic E-state index is -0.660. The summed E-state index contributed by atoms with van der Waals surface area (Å²) in [6.07, 6.45) is 1.86. The standard InChI is InChI=1S/C22H25Cl3N2O2S/c1-3-4-12-26-22(29)15(2)27(13-18-19(24)6-5-7-20(18)25)21(28)14-30-17-10-8-16(23)9-11-17/h5-11,15H,3-4,12-14H2,1-2H3,(H,26,29). The van der Waals surface area contributed by atoms with Gasteiger partial charge in [-0.05, 0) is 49.7 Å². The van der Waals surface area contributed by atoms with Crippen molar-refractivity contribution < 1.29 is 9.59 Å². The van der Waals surface area contributed by atoms with Crippen LogP contribution in [-0.4, -0.2) is 35.1 Å². The predicted molar refractivity (Wildman–Crippen MR) is 127 cm³/mol. The maximum atomic E-state index is 13.1. The first kappa shape index (κ1) is 24.9. The Morgan fingerprint density at radius 1 is 1.07 bits per heavy atom. The summed E-state index contributed by atoms with van der Waals surface area (Å²) in [5, 5.41) is 4.46. The molecule has 0 aliphatic rings. The van der Waals surface area contributed by atoms with Gasteiger partial charge in [0.15, 0.2) is 0 Å². The summed E-state index contributed by atoms with van der Waals surface area (Å²) in [5.74, 6) is -0.198. The van der Waals surface area contributed by atoms with Crippen LogP contribution in [0.1, 0.15) is 32.3 Å². The largest absolute Gasteiger partial charge is 0.354 e. The van der Waals surface area contributed by atoms with Crippen molar-refractivity contribution in [2.24, 2.45) is 0 Å². The van der Waals surface area contributed by atoms with E-state index in [0.29, 0.717) is 27.2 Å². The molecular formula is C22H25Cl3N2O2S. The number of amides is 2. The van der Waals surface area contributed by atoms with Crippen LogP contribution in [0.15, 0.2) is 47.4 Å². The average Bonchev–Trinajstić information content (AvgIpc) is 2.72. The molecule has 8 heteroatoms. The summed E-state index contributed by atoms with van der Waals surface area (Å²) >= 11 is 19.9. The Bertz CT molecular complexity index is 842. The zero-order valence-corrected chi connectivity index (χ0v) is 20.0. The maximum Gasteiger partial charge on any atom is 0.242 e. The van der Waals surface area contributed by atoms with Gasteiger partial charge in [0.1, 0.15) is 6.04 Å². The molecule has 162 valence electrons. The first-order valence-corrected chi connectivity index (χ1v) is 11.8. The molecule has 0 heterocycles. The van der Waals surface area contributed by atoms with Crippen LogP contribution in [0.4, 0.5) is 0 Å². The maximum absolute atomic E-state index is 13.1. The lowest BCUT2D eigenvalue weighted by molar-refractivity contribution is -0.138. The van der Waals surface area contributed by atoms with Crippen molar-refractivity contribution in [3.8, 4) is 0 Å². The van der Waals surface area contributed by atoms with E-state index in [0.717, 1.165) is 17.7 Å². The van der Waals surface area contributed by atoms with E-state index in [1.807, 2.05) is 12.1 Å². The van der Waals surface area contributed by atoms with Crippen LogP contribution in [0.5, 0.6) is 0 Å². The van der Waals surface area contributed by atoms with Crippen molar-refractivity contribution in [1.82, 2.24) is 10.2 Å². The van der Waals surface area contributed by atoms with E-state index in [-0.39, 0.29) is 24.1 Å². The number of halogens is 3. The first-order valence-electron chi connectivity index (χ1n) is 9.72. The zero-order chi connectivity index (χ0) is 22.1. The van der Waals surface area contributed by atoms with Gasteiger partial charge in [0.2, 0.25) is 11.8 Å². The monoisotopic (exact) mass is 486 g/mol. The highest BCUT2D eigenvalue weighted by molar-refractivity contribution is 8.00. The van der Waals surface area contributed by atoms with Crippen LogP contribution in [0, 0.1) is 0 Å². The molecule has 2 rings (SSSR count). The molecule has 2 amide bonds. The number of nitrogens with zero attached hydrogens (tertiary/aromatic N) is 1. The number of benzene rings is 2. The number of unbranched alkanes of at least 4 members (excludes halogenated alkanes) is 1. The first-order chi connectivity index (χ1) is 14.3. The molecule has 0 aliphatic heterocycles. The van der Waals surface area contributed by atoms with Gasteiger partial charge >= 0.3 is 0 Å². The lowest BCUT2D eigenvalue weighted by atomic mass is 10.1. The SMILES string of the molecule is CCCCNC(=O)C(C)N(Cc1c(Cl)cccc1Cl)C(=O)CSc1ccc(Cl)cc1. The van der Waals surface area contributed by atoms with Crippen LogP contribution in [0.3, 0.4) is 0 Å². The third-order valence-corrected chi connectivity index (χ3v) is 6.52. The van der Waals surface area contributed by atoms with Crippen molar-refractivity contribution in [2.75, 3.05) is 12.3 Å². The lowest BCUT2D eigenvalue weighted by Gasteiger charge is -2.29. The van der Waals surface area contributed by atoms with E-state index < -0.39 is 6.04 Å². The second-order valence-corrected chi connectivity index (χ2v) is 9.08. The van der Waals surface area contributed by atoms with Crippen molar-refractivity contribution in [2.45, 2.75) is 44.2 Å². The number of hydrogen-bond donors (Lipinski definition) is 1. The summed E-state index contributed by atoms with van der Waals surface area (Å²) in [5.41, 5.74) is 0.624. The Labute approximate surface area is 197 Å². The van der Waals surface area contributed by atoms with Crippen molar-refractivity contribution >= 4 is 58.4 Å². The van der Waals surface area contributed by atoms with Crippen molar-refractivity contribution in [3.05, 3.63) is 63.1 Å². The van der Waals surface area contributed by atoms with E-state index in [4.69, 9.17) is 34.8 Å². The fourth-order valence-electron chi connectivity index (χ4n) is 2.73. The summed E-state index contributed by atoms with van der Waals surface area (Å²) in [6, 6.07) is 11.8. The molecule has 0 aromatic heterocycles. The van der Waals surface area contributed by atoms with Crippen molar-refractivity contribution in [1.29, 1.82) is 0 Å². The Balaban J connectivity index is 2.17. The van der Waals surface area contributed by atoms with Crippen molar-refractivity contribution in [3.63, 3.8) is 0 Å². The van der Waals surface area contributed by atoms with Crippen LogP contribution >= 0.6 is 46.6 Å². The Morgan fingerprint density at radius 2 is 1.70 bits per heavy atom. The van der Waals surface area contributed by atoms with Crippen LogP contribution in [0.2, 0.25) is 15.1 Å². The molecule has 0 saturated carbocycles. The van der Waals surface area contributed by atoms with Gasteiger partial charge in [-0.25, -0.2) is 0 Å². The molecule has 0 radical (unpaired) electrons. The summed E-state index contributed by atoms with van der Waals surface area (Å²) in [4.78, 5) is 28.2. The van der Waals surface area contributed by atoms with Gasteiger partial charge < -0.3 is 10.2 Å². The molecule has 2 aromatic rings. The molecule has 0 saturated heterocycles. The number of nitrogens with one attached hydrogen (secondary N) is 1. The molecule has 2 aromatic carbocycles. The third kappa shape index (κ3) is 7.38. The molecule has 0 spiro atoms. The summed E-state index contributed by atoms with van der Waals surface area (Å²) in [7, 11) is 0. The van der Waals surface area contributed by atoms with Gasteiger partial charge in [0.25, 0.3) is 0 Å².